The van der Waals surface area contributed by atoms with Gasteiger partial charge in [-0.3, -0.25) is 19.3 Å². The summed E-state index contributed by atoms with van der Waals surface area (Å²) in [5, 5.41) is 2.31. The SMILES string of the molecule is CCOC(=O)COc1ccc(/C=C2\SC(=O)N(CC(=O)Nc3c(C)cc(C)cc3C)C2=O)cc1. The van der Waals surface area contributed by atoms with E-state index in [9.17, 15) is 19.2 Å². The molecule has 0 unspecified atom stereocenters. The van der Waals surface area contributed by atoms with Crippen LogP contribution in [-0.2, 0) is 19.1 Å². The third-order valence-electron chi connectivity index (χ3n) is 4.96. The van der Waals surface area contributed by atoms with Gasteiger partial charge in [0.1, 0.15) is 12.3 Å². The maximum Gasteiger partial charge on any atom is 0.344 e. The lowest BCUT2D eigenvalue weighted by Crippen LogP contribution is -2.36. The third kappa shape index (κ3) is 6.26. The highest BCUT2D eigenvalue weighted by molar-refractivity contribution is 8.18. The van der Waals surface area contributed by atoms with Crippen LogP contribution in [0.2, 0.25) is 0 Å². The van der Waals surface area contributed by atoms with Crippen LogP contribution in [0.15, 0.2) is 41.3 Å². The summed E-state index contributed by atoms with van der Waals surface area (Å²) in [6, 6.07) is 10.6. The van der Waals surface area contributed by atoms with Crippen molar-refractivity contribution in [1.82, 2.24) is 4.90 Å². The highest BCUT2D eigenvalue weighted by atomic mass is 32.2. The topological polar surface area (TPSA) is 102 Å². The summed E-state index contributed by atoms with van der Waals surface area (Å²) in [5.41, 5.74) is 4.26. The van der Waals surface area contributed by atoms with Crippen molar-refractivity contribution in [1.29, 1.82) is 0 Å². The van der Waals surface area contributed by atoms with Gasteiger partial charge in [-0.1, -0.05) is 29.8 Å². The number of carbonyl (C=O) groups excluding carboxylic acids is 4. The lowest BCUT2D eigenvalue weighted by atomic mass is 10.1. The molecule has 1 aliphatic heterocycles. The molecule has 0 bridgehead atoms. The number of benzene rings is 2. The molecule has 0 aliphatic carbocycles. The summed E-state index contributed by atoms with van der Waals surface area (Å²) in [7, 11) is 0. The summed E-state index contributed by atoms with van der Waals surface area (Å²) < 4.78 is 10.1. The van der Waals surface area contributed by atoms with E-state index < -0.39 is 23.0 Å². The first kappa shape index (κ1) is 25.0. The molecule has 1 fully saturated rings. The van der Waals surface area contributed by atoms with Crippen molar-refractivity contribution < 1.29 is 28.7 Å². The Balaban J connectivity index is 1.63. The molecule has 8 nitrogen and oxygen atoms in total. The number of esters is 1. The van der Waals surface area contributed by atoms with Crippen LogP contribution in [0, 0.1) is 20.8 Å². The average Bonchev–Trinajstić information content (AvgIpc) is 3.03. The summed E-state index contributed by atoms with van der Waals surface area (Å²) in [6.07, 6.45) is 1.58. The van der Waals surface area contributed by atoms with Crippen LogP contribution in [0.25, 0.3) is 6.08 Å². The second kappa shape index (κ2) is 11.0. The van der Waals surface area contributed by atoms with Crippen LogP contribution < -0.4 is 10.1 Å². The van der Waals surface area contributed by atoms with Gasteiger partial charge >= 0.3 is 5.97 Å². The first-order chi connectivity index (χ1) is 16.2. The molecule has 0 aromatic heterocycles. The number of hydrogen-bond donors (Lipinski definition) is 1. The summed E-state index contributed by atoms with van der Waals surface area (Å²) in [5.74, 6) is -0.958. The first-order valence-electron chi connectivity index (χ1n) is 10.7. The Morgan fingerprint density at radius 3 is 2.32 bits per heavy atom. The van der Waals surface area contributed by atoms with E-state index in [2.05, 4.69) is 5.32 Å². The van der Waals surface area contributed by atoms with Crippen LogP contribution in [0.1, 0.15) is 29.2 Å². The molecule has 0 spiro atoms. The van der Waals surface area contributed by atoms with E-state index in [1.54, 1.807) is 37.3 Å². The van der Waals surface area contributed by atoms with Gasteiger partial charge in [-0.25, -0.2) is 4.79 Å². The molecular weight excluding hydrogens is 456 g/mol. The number of imide groups is 1. The number of anilines is 1. The molecular formula is C25H26N2O6S. The van der Waals surface area contributed by atoms with E-state index in [1.807, 2.05) is 32.9 Å². The molecule has 9 heteroatoms. The summed E-state index contributed by atoms with van der Waals surface area (Å²) in [4.78, 5) is 50.2. The zero-order chi connectivity index (χ0) is 24.8. The summed E-state index contributed by atoms with van der Waals surface area (Å²) >= 11 is 0.783. The molecule has 0 radical (unpaired) electrons. The molecule has 1 heterocycles. The highest BCUT2D eigenvalue weighted by Crippen LogP contribution is 2.32. The Morgan fingerprint density at radius 2 is 1.71 bits per heavy atom. The molecule has 178 valence electrons. The van der Waals surface area contributed by atoms with Gasteiger partial charge in [-0.05, 0) is 74.4 Å². The molecule has 1 saturated heterocycles. The number of nitrogens with one attached hydrogen (secondary N) is 1. The largest absolute Gasteiger partial charge is 0.482 e. The fourth-order valence-corrected chi connectivity index (χ4v) is 4.33. The highest BCUT2D eigenvalue weighted by Gasteiger charge is 2.36. The monoisotopic (exact) mass is 482 g/mol. The Bertz CT molecular complexity index is 1130. The Labute approximate surface area is 202 Å². The molecule has 34 heavy (non-hydrogen) atoms. The fourth-order valence-electron chi connectivity index (χ4n) is 3.49. The van der Waals surface area contributed by atoms with Gasteiger partial charge in [0, 0.05) is 5.69 Å². The number of thioether (sulfide) groups is 1. The van der Waals surface area contributed by atoms with Crippen molar-refractivity contribution >= 4 is 46.5 Å². The number of carbonyl (C=O) groups is 4. The molecule has 3 amide bonds. The molecule has 2 aromatic carbocycles. The second-order valence-corrected chi connectivity index (χ2v) is 8.75. The van der Waals surface area contributed by atoms with Crippen molar-refractivity contribution in [3.63, 3.8) is 0 Å². The quantitative estimate of drug-likeness (QED) is 0.444. The van der Waals surface area contributed by atoms with Crippen molar-refractivity contribution in [2.24, 2.45) is 0 Å². The molecule has 1 N–H and O–H groups in total. The number of hydrogen-bond acceptors (Lipinski definition) is 7. The lowest BCUT2D eigenvalue weighted by molar-refractivity contribution is -0.145. The Kier molecular flexibility index (Phi) is 8.12. The second-order valence-electron chi connectivity index (χ2n) is 7.75. The number of amides is 3. The molecule has 0 saturated carbocycles. The third-order valence-corrected chi connectivity index (χ3v) is 5.86. The minimum atomic E-state index is -0.523. The van der Waals surface area contributed by atoms with Gasteiger partial charge in [0.15, 0.2) is 6.61 Å². The average molecular weight is 483 g/mol. The normalized spacial score (nSPS) is 14.5. The van der Waals surface area contributed by atoms with Crippen LogP contribution in [-0.4, -0.2) is 47.7 Å². The smallest absolute Gasteiger partial charge is 0.344 e. The molecule has 2 aromatic rings. The van der Waals surface area contributed by atoms with E-state index in [0.717, 1.165) is 33.4 Å². The van der Waals surface area contributed by atoms with E-state index in [0.29, 0.717) is 17.0 Å². The van der Waals surface area contributed by atoms with Gasteiger partial charge in [-0.15, -0.1) is 0 Å². The standard InChI is InChI=1S/C25H26N2O6S/c1-5-32-22(29)14-33-19-8-6-18(7-9-19)12-20-24(30)27(25(31)34-20)13-21(28)26-23-16(3)10-15(2)11-17(23)4/h6-12H,5,13-14H2,1-4H3,(H,26,28)/b20-12-. The van der Waals surface area contributed by atoms with E-state index in [1.165, 1.54) is 0 Å². The van der Waals surface area contributed by atoms with Crippen molar-refractivity contribution in [2.75, 3.05) is 25.1 Å². The van der Waals surface area contributed by atoms with Crippen molar-refractivity contribution in [3.8, 4) is 5.75 Å². The molecule has 0 atom stereocenters. The number of rotatable bonds is 8. The number of nitrogens with zero attached hydrogens (tertiary/aromatic N) is 1. The fraction of sp³-hybridized carbons (Fsp3) is 0.280. The predicted molar refractivity (Wildman–Crippen MR) is 131 cm³/mol. The Morgan fingerprint density at radius 1 is 1.06 bits per heavy atom. The van der Waals surface area contributed by atoms with Gasteiger partial charge in [0.05, 0.1) is 11.5 Å². The minimum absolute atomic E-state index is 0.199. The number of aryl methyl sites for hydroxylation is 3. The van der Waals surface area contributed by atoms with Crippen molar-refractivity contribution in [2.45, 2.75) is 27.7 Å². The predicted octanol–water partition coefficient (Wildman–Crippen LogP) is 4.23. The maximum absolute atomic E-state index is 12.8. The van der Waals surface area contributed by atoms with Crippen LogP contribution in [0.5, 0.6) is 5.75 Å². The van der Waals surface area contributed by atoms with E-state index >= 15 is 0 Å². The van der Waals surface area contributed by atoms with Crippen LogP contribution >= 0.6 is 11.8 Å². The van der Waals surface area contributed by atoms with E-state index in [4.69, 9.17) is 9.47 Å². The minimum Gasteiger partial charge on any atom is -0.482 e. The summed E-state index contributed by atoms with van der Waals surface area (Å²) in [6.45, 7) is 7.19. The Hall–Kier alpha value is -3.59. The first-order valence-corrected chi connectivity index (χ1v) is 11.5. The van der Waals surface area contributed by atoms with Crippen LogP contribution in [0.4, 0.5) is 10.5 Å². The van der Waals surface area contributed by atoms with Crippen LogP contribution in [0.3, 0.4) is 0 Å². The molecule has 3 rings (SSSR count). The van der Waals surface area contributed by atoms with E-state index in [-0.39, 0.29) is 24.7 Å². The van der Waals surface area contributed by atoms with Gasteiger partial charge in [-0.2, -0.15) is 0 Å². The van der Waals surface area contributed by atoms with Gasteiger partial charge < -0.3 is 14.8 Å². The molecule has 1 aliphatic rings. The van der Waals surface area contributed by atoms with Gasteiger partial charge in [0.25, 0.3) is 11.1 Å². The zero-order valence-corrected chi connectivity index (χ0v) is 20.3. The maximum atomic E-state index is 12.8. The van der Waals surface area contributed by atoms with Gasteiger partial charge in [0.2, 0.25) is 5.91 Å². The van der Waals surface area contributed by atoms with Crippen molar-refractivity contribution in [3.05, 3.63) is 63.6 Å². The lowest BCUT2D eigenvalue weighted by Gasteiger charge is -2.15. The number of ether oxygens (including phenoxy) is 2. The zero-order valence-electron chi connectivity index (χ0n) is 19.5.